The summed E-state index contributed by atoms with van der Waals surface area (Å²) in [6.07, 6.45) is 1.97. The number of ether oxygens (including phenoxy) is 1. The van der Waals surface area contributed by atoms with Crippen LogP contribution >= 0.6 is 0 Å². The van der Waals surface area contributed by atoms with Gasteiger partial charge in [-0.3, -0.25) is 4.79 Å². The maximum Gasteiger partial charge on any atom is 0.250 e. The van der Waals surface area contributed by atoms with E-state index in [1.165, 1.54) is 37.0 Å². The van der Waals surface area contributed by atoms with Gasteiger partial charge in [-0.05, 0) is 24.6 Å². The van der Waals surface area contributed by atoms with E-state index >= 15 is 0 Å². The number of benzene rings is 1. The van der Waals surface area contributed by atoms with Gasteiger partial charge in [-0.2, -0.15) is 0 Å². The smallest absolute Gasteiger partial charge is 0.250 e. The number of nitrogens with zero attached hydrogens (tertiary/aromatic N) is 2. The standard InChI is InChI=1S/C16H20N2O4S/c1-17(2)23(20,21)15-9-10-16(19)18(13-15)11-6-12-22-14-7-4-3-5-8-14/h3-5,7-10,13H,6,11-12H2,1-2H3. The lowest BCUT2D eigenvalue weighted by atomic mass is 10.3. The SMILES string of the molecule is CN(C)S(=O)(=O)c1ccc(=O)n(CCCOc2ccccc2)c1. The predicted molar refractivity (Wildman–Crippen MR) is 88.1 cm³/mol. The van der Waals surface area contributed by atoms with Crippen LogP contribution < -0.4 is 10.3 Å². The fourth-order valence-electron chi connectivity index (χ4n) is 1.99. The van der Waals surface area contributed by atoms with Crippen LogP contribution in [-0.4, -0.2) is 38.0 Å². The van der Waals surface area contributed by atoms with E-state index in [4.69, 9.17) is 4.74 Å². The first-order valence-corrected chi connectivity index (χ1v) is 8.66. The van der Waals surface area contributed by atoms with E-state index in [1.54, 1.807) is 0 Å². The minimum Gasteiger partial charge on any atom is -0.494 e. The first-order valence-electron chi connectivity index (χ1n) is 7.22. The number of rotatable bonds is 7. The molecule has 1 heterocycles. The normalized spacial score (nSPS) is 11.6. The van der Waals surface area contributed by atoms with Crippen molar-refractivity contribution >= 4 is 10.0 Å². The van der Waals surface area contributed by atoms with Crippen LogP contribution in [0.5, 0.6) is 5.75 Å². The van der Waals surface area contributed by atoms with Crippen LogP contribution in [0, 0.1) is 0 Å². The summed E-state index contributed by atoms with van der Waals surface area (Å²) in [5.41, 5.74) is -0.234. The quantitative estimate of drug-likeness (QED) is 0.720. The van der Waals surface area contributed by atoms with Crippen molar-refractivity contribution in [3.05, 3.63) is 59.0 Å². The molecule has 6 nitrogen and oxygen atoms in total. The summed E-state index contributed by atoms with van der Waals surface area (Å²) in [4.78, 5) is 11.9. The molecule has 0 bridgehead atoms. The Bertz CT molecular complexity index is 798. The van der Waals surface area contributed by atoms with Crippen LogP contribution in [0.4, 0.5) is 0 Å². The van der Waals surface area contributed by atoms with E-state index in [-0.39, 0.29) is 10.5 Å². The number of sulfonamides is 1. The van der Waals surface area contributed by atoms with Crippen LogP contribution in [0.2, 0.25) is 0 Å². The highest BCUT2D eigenvalue weighted by molar-refractivity contribution is 7.89. The Balaban J connectivity index is 2.01. The molecule has 0 saturated carbocycles. The largest absolute Gasteiger partial charge is 0.494 e. The molecular weight excluding hydrogens is 316 g/mol. The lowest BCUT2D eigenvalue weighted by molar-refractivity contribution is 0.300. The number of para-hydroxylation sites is 1. The number of aromatic nitrogens is 1. The van der Waals surface area contributed by atoms with Crippen LogP contribution in [0.25, 0.3) is 0 Å². The number of hydrogen-bond donors (Lipinski definition) is 0. The summed E-state index contributed by atoms with van der Waals surface area (Å²) in [7, 11) is -0.634. The zero-order chi connectivity index (χ0) is 16.9. The zero-order valence-corrected chi connectivity index (χ0v) is 14.0. The van der Waals surface area contributed by atoms with Gasteiger partial charge in [0.15, 0.2) is 0 Å². The van der Waals surface area contributed by atoms with E-state index in [0.717, 1.165) is 10.1 Å². The molecule has 1 aromatic heterocycles. The average molecular weight is 336 g/mol. The third kappa shape index (κ3) is 4.43. The Morgan fingerprint density at radius 2 is 1.78 bits per heavy atom. The van der Waals surface area contributed by atoms with Crippen LogP contribution in [0.3, 0.4) is 0 Å². The molecule has 1 aromatic carbocycles. The molecule has 2 rings (SSSR count). The summed E-state index contributed by atoms with van der Waals surface area (Å²) < 4.78 is 32.3. The third-order valence-electron chi connectivity index (χ3n) is 3.29. The highest BCUT2D eigenvalue weighted by Crippen LogP contribution is 2.11. The van der Waals surface area contributed by atoms with Crippen molar-refractivity contribution in [2.45, 2.75) is 17.9 Å². The van der Waals surface area contributed by atoms with E-state index in [0.29, 0.717) is 19.6 Å². The van der Waals surface area contributed by atoms with Gasteiger partial charge in [0.2, 0.25) is 10.0 Å². The van der Waals surface area contributed by atoms with Crippen LogP contribution in [0.15, 0.2) is 58.4 Å². The average Bonchev–Trinajstić information content (AvgIpc) is 2.53. The van der Waals surface area contributed by atoms with Crippen molar-refractivity contribution in [1.29, 1.82) is 0 Å². The van der Waals surface area contributed by atoms with Gasteiger partial charge in [0.25, 0.3) is 5.56 Å². The zero-order valence-electron chi connectivity index (χ0n) is 13.2. The topological polar surface area (TPSA) is 68.6 Å². The van der Waals surface area contributed by atoms with Crippen molar-refractivity contribution in [3.63, 3.8) is 0 Å². The molecule has 7 heteroatoms. The van der Waals surface area contributed by atoms with Crippen molar-refractivity contribution in [2.24, 2.45) is 0 Å². The van der Waals surface area contributed by atoms with Crippen LogP contribution in [0.1, 0.15) is 6.42 Å². The maximum absolute atomic E-state index is 12.1. The third-order valence-corrected chi connectivity index (χ3v) is 5.09. The monoisotopic (exact) mass is 336 g/mol. The Kier molecular flexibility index (Phi) is 5.57. The molecule has 0 aliphatic carbocycles. The van der Waals surface area contributed by atoms with Gasteiger partial charge in [0, 0.05) is 32.9 Å². The van der Waals surface area contributed by atoms with Crippen molar-refractivity contribution in [2.75, 3.05) is 20.7 Å². The number of aryl methyl sites for hydroxylation is 1. The van der Waals surface area contributed by atoms with Gasteiger partial charge in [-0.1, -0.05) is 18.2 Å². The minimum absolute atomic E-state index is 0.103. The van der Waals surface area contributed by atoms with E-state index in [9.17, 15) is 13.2 Å². The number of pyridine rings is 1. The molecule has 2 aromatic rings. The highest BCUT2D eigenvalue weighted by atomic mass is 32.2. The molecule has 0 N–H and O–H groups in total. The maximum atomic E-state index is 12.1. The fourth-order valence-corrected chi connectivity index (χ4v) is 2.91. The molecule has 0 unspecified atom stereocenters. The van der Waals surface area contributed by atoms with Crippen molar-refractivity contribution < 1.29 is 13.2 Å². The Labute approximate surface area is 136 Å². The second-order valence-electron chi connectivity index (χ2n) is 5.20. The van der Waals surface area contributed by atoms with E-state index < -0.39 is 10.0 Å². The number of hydrogen-bond acceptors (Lipinski definition) is 4. The summed E-state index contributed by atoms with van der Waals surface area (Å²) in [5, 5.41) is 0. The van der Waals surface area contributed by atoms with E-state index in [1.807, 2.05) is 30.3 Å². The van der Waals surface area contributed by atoms with E-state index in [2.05, 4.69) is 0 Å². The molecule has 0 radical (unpaired) electrons. The van der Waals surface area contributed by atoms with Crippen molar-refractivity contribution in [1.82, 2.24) is 8.87 Å². The Hall–Kier alpha value is -2.12. The van der Waals surface area contributed by atoms with Crippen molar-refractivity contribution in [3.8, 4) is 5.75 Å². The second kappa shape index (κ2) is 7.43. The van der Waals surface area contributed by atoms with Gasteiger partial charge in [-0.25, -0.2) is 12.7 Å². The van der Waals surface area contributed by atoms with Gasteiger partial charge < -0.3 is 9.30 Å². The van der Waals surface area contributed by atoms with Gasteiger partial charge in [-0.15, -0.1) is 0 Å². The lowest BCUT2D eigenvalue weighted by Gasteiger charge is -2.13. The predicted octanol–water partition coefficient (Wildman–Crippen LogP) is 1.57. The second-order valence-corrected chi connectivity index (χ2v) is 7.35. The summed E-state index contributed by atoms with van der Waals surface area (Å²) >= 11 is 0. The highest BCUT2D eigenvalue weighted by Gasteiger charge is 2.17. The molecule has 0 fully saturated rings. The first kappa shape index (κ1) is 17.2. The molecular formula is C16H20N2O4S. The Morgan fingerprint density at radius 3 is 2.43 bits per heavy atom. The van der Waals surface area contributed by atoms with Gasteiger partial charge >= 0.3 is 0 Å². The van der Waals surface area contributed by atoms with Crippen LogP contribution in [-0.2, 0) is 16.6 Å². The molecule has 0 atom stereocenters. The lowest BCUT2D eigenvalue weighted by Crippen LogP contribution is -2.26. The molecule has 0 amide bonds. The van der Waals surface area contributed by atoms with Gasteiger partial charge in [0.05, 0.1) is 11.5 Å². The summed E-state index contributed by atoms with van der Waals surface area (Å²) in [6.45, 7) is 0.837. The molecule has 0 spiro atoms. The fraction of sp³-hybridized carbons (Fsp3) is 0.312. The molecule has 0 aliphatic heterocycles. The Morgan fingerprint density at radius 1 is 1.09 bits per heavy atom. The first-order chi connectivity index (χ1) is 10.9. The minimum atomic E-state index is -3.55. The van der Waals surface area contributed by atoms with Gasteiger partial charge in [0.1, 0.15) is 5.75 Å². The molecule has 0 aliphatic rings. The molecule has 124 valence electrons. The molecule has 23 heavy (non-hydrogen) atoms. The molecule has 0 saturated heterocycles. The summed E-state index contributed by atoms with van der Waals surface area (Å²) in [5.74, 6) is 0.767. The summed E-state index contributed by atoms with van der Waals surface area (Å²) in [6, 6.07) is 12.0.